The van der Waals surface area contributed by atoms with Crippen molar-refractivity contribution in [2.24, 2.45) is 0 Å². The summed E-state index contributed by atoms with van der Waals surface area (Å²) in [5.74, 6) is 1.09. The number of nitrogens with one attached hydrogen (secondary N) is 2. The van der Waals surface area contributed by atoms with Crippen LogP contribution < -0.4 is 15.4 Å². The van der Waals surface area contributed by atoms with Crippen LogP contribution in [0.2, 0.25) is 0 Å². The van der Waals surface area contributed by atoms with Crippen LogP contribution in [0.3, 0.4) is 0 Å². The number of nitrogens with zero attached hydrogens (tertiary/aromatic N) is 1. The van der Waals surface area contributed by atoms with Crippen molar-refractivity contribution in [3.05, 3.63) is 23.8 Å². The molecule has 1 aromatic carbocycles. The second-order valence-electron chi connectivity index (χ2n) is 6.30. The average Bonchev–Trinajstić information content (AvgIpc) is 2.88. The molecule has 2 heterocycles. The minimum atomic E-state index is 0.0680. The zero-order chi connectivity index (χ0) is 16.8. The highest BCUT2D eigenvalue weighted by Gasteiger charge is 2.16. The Labute approximate surface area is 142 Å². The van der Waals surface area contributed by atoms with Gasteiger partial charge in [-0.05, 0) is 49.6 Å². The summed E-state index contributed by atoms with van der Waals surface area (Å²) in [4.78, 5) is 25.5. The second-order valence-corrected chi connectivity index (χ2v) is 6.30. The van der Waals surface area contributed by atoms with Gasteiger partial charge in [-0.3, -0.25) is 9.59 Å². The molecule has 1 saturated heterocycles. The number of ether oxygens (including phenoxy) is 1. The zero-order valence-electron chi connectivity index (χ0n) is 14.0. The van der Waals surface area contributed by atoms with Gasteiger partial charge in [0.1, 0.15) is 5.75 Å². The molecule has 3 rings (SSSR count). The first-order valence-electron chi connectivity index (χ1n) is 8.76. The van der Waals surface area contributed by atoms with Crippen molar-refractivity contribution in [3.63, 3.8) is 0 Å². The summed E-state index contributed by atoms with van der Waals surface area (Å²) in [6, 6.07) is 5.74. The van der Waals surface area contributed by atoms with Crippen molar-refractivity contribution in [1.82, 2.24) is 10.2 Å². The molecule has 0 aliphatic carbocycles. The average molecular weight is 331 g/mol. The van der Waals surface area contributed by atoms with E-state index in [1.807, 2.05) is 23.1 Å². The van der Waals surface area contributed by atoms with Crippen LogP contribution in [0.1, 0.15) is 31.2 Å². The number of carbonyl (C=O) groups is 2. The number of fused-ring (bicyclic) bond motifs is 1. The summed E-state index contributed by atoms with van der Waals surface area (Å²) in [6.07, 6.45) is 3.54. The molecular formula is C18H25N3O3. The van der Waals surface area contributed by atoms with E-state index < -0.39 is 0 Å². The standard InChI is InChI=1S/C18H25N3O3/c22-17-7-4-14-13-15(5-6-16(14)20-17)24-12-1-3-18(23)21-10-2-8-19-9-11-21/h5-6,13,19H,1-4,7-12H2,(H,20,22). The van der Waals surface area contributed by atoms with Gasteiger partial charge >= 0.3 is 0 Å². The van der Waals surface area contributed by atoms with Gasteiger partial charge in [-0.2, -0.15) is 0 Å². The second kappa shape index (κ2) is 8.15. The maximum absolute atomic E-state index is 12.2. The number of amides is 2. The molecule has 2 amide bonds. The van der Waals surface area contributed by atoms with Gasteiger partial charge in [0, 0.05) is 38.2 Å². The molecule has 0 radical (unpaired) electrons. The number of aryl methyl sites for hydroxylation is 1. The Morgan fingerprint density at radius 2 is 2.12 bits per heavy atom. The van der Waals surface area contributed by atoms with Crippen LogP contribution in [0.4, 0.5) is 5.69 Å². The zero-order valence-corrected chi connectivity index (χ0v) is 14.0. The third-order valence-electron chi connectivity index (χ3n) is 4.47. The molecule has 0 saturated carbocycles. The summed E-state index contributed by atoms with van der Waals surface area (Å²) >= 11 is 0. The Bertz CT molecular complexity index is 595. The van der Waals surface area contributed by atoms with Crippen LogP contribution in [0.15, 0.2) is 18.2 Å². The lowest BCUT2D eigenvalue weighted by Gasteiger charge is -2.20. The van der Waals surface area contributed by atoms with E-state index in [9.17, 15) is 9.59 Å². The Balaban J connectivity index is 1.41. The molecule has 0 unspecified atom stereocenters. The molecule has 2 aliphatic rings. The molecule has 1 aromatic rings. The monoisotopic (exact) mass is 331 g/mol. The summed E-state index contributed by atoms with van der Waals surface area (Å²) in [7, 11) is 0. The number of hydrogen-bond donors (Lipinski definition) is 2. The molecule has 6 nitrogen and oxygen atoms in total. The van der Waals surface area contributed by atoms with E-state index in [2.05, 4.69) is 10.6 Å². The van der Waals surface area contributed by atoms with Crippen molar-refractivity contribution in [2.45, 2.75) is 32.1 Å². The highest BCUT2D eigenvalue weighted by atomic mass is 16.5. The summed E-state index contributed by atoms with van der Waals surface area (Å²) in [5.41, 5.74) is 1.99. The molecule has 0 spiro atoms. The number of benzene rings is 1. The van der Waals surface area contributed by atoms with E-state index in [0.717, 1.165) is 62.4 Å². The van der Waals surface area contributed by atoms with Gasteiger partial charge < -0.3 is 20.3 Å². The van der Waals surface area contributed by atoms with Gasteiger partial charge in [-0.1, -0.05) is 0 Å². The molecule has 0 bridgehead atoms. The van der Waals surface area contributed by atoms with Crippen molar-refractivity contribution >= 4 is 17.5 Å². The van der Waals surface area contributed by atoms with Crippen LogP contribution in [-0.2, 0) is 16.0 Å². The molecule has 0 aromatic heterocycles. The van der Waals surface area contributed by atoms with Gasteiger partial charge in [0.15, 0.2) is 0 Å². The summed E-state index contributed by atoms with van der Waals surface area (Å²) in [6.45, 7) is 4.06. The third kappa shape index (κ3) is 4.47. The molecule has 0 atom stereocenters. The maximum Gasteiger partial charge on any atom is 0.224 e. The fourth-order valence-corrected chi connectivity index (χ4v) is 3.12. The number of anilines is 1. The van der Waals surface area contributed by atoms with Crippen molar-refractivity contribution in [3.8, 4) is 5.75 Å². The van der Waals surface area contributed by atoms with E-state index in [0.29, 0.717) is 19.4 Å². The predicted molar refractivity (Wildman–Crippen MR) is 92.2 cm³/mol. The third-order valence-corrected chi connectivity index (χ3v) is 4.47. The predicted octanol–water partition coefficient (Wildman–Crippen LogP) is 1.55. The SMILES string of the molecule is O=C1CCc2cc(OCCCC(=O)N3CCCNCC3)ccc2N1. The molecular weight excluding hydrogens is 306 g/mol. The normalized spacial score (nSPS) is 17.7. The Morgan fingerprint density at radius 1 is 1.21 bits per heavy atom. The van der Waals surface area contributed by atoms with Crippen LogP contribution in [-0.4, -0.2) is 49.5 Å². The Morgan fingerprint density at radius 3 is 3.04 bits per heavy atom. The summed E-state index contributed by atoms with van der Waals surface area (Å²) in [5, 5.41) is 6.16. The molecule has 6 heteroatoms. The van der Waals surface area contributed by atoms with Crippen molar-refractivity contribution in [1.29, 1.82) is 0 Å². The van der Waals surface area contributed by atoms with Crippen LogP contribution in [0, 0.1) is 0 Å². The minimum absolute atomic E-state index is 0.0680. The lowest BCUT2D eigenvalue weighted by Crippen LogP contribution is -2.34. The van der Waals surface area contributed by atoms with Crippen molar-refractivity contribution in [2.75, 3.05) is 38.1 Å². The highest BCUT2D eigenvalue weighted by Crippen LogP contribution is 2.26. The largest absolute Gasteiger partial charge is 0.494 e. The van der Waals surface area contributed by atoms with E-state index in [-0.39, 0.29) is 11.8 Å². The minimum Gasteiger partial charge on any atom is -0.494 e. The Kier molecular flexibility index (Phi) is 5.69. The summed E-state index contributed by atoms with van der Waals surface area (Å²) < 4.78 is 5.77. The first kappa shape index (κ1) is 16.8. The van der Waals surface area contributed by atoms with Gasteiger partial charge in [-0.15, -0.1) is 0 Å². The molecule has 2 aliphatic heterocycles. The van der Waals surface area contributed by atoms with E-state index in [1.165, 1.54) is 0 Å². The van der Waals surface area contributed by atoms with E-state index >= 15 is 0 Å². The van der Waals surface area contributed by atoms with E-state index in [4.69, 9.17) is 4.74 Å². The number of carbonyl (C=O) groups excluding carboxylic acids is 2. The smallest absolute Gasteiger partial charge is 0.224 e. The quantitative estimate of drug-likeness (QED) is 0.803. The molecule has 1 fully saturated rings. The lowest BCUT2D eigenvalue weighted by molar-refractivity contribution is -0.131. The molecule has 24 heavy (non-hydrogen) atoms. The van der Waals surface area contributed by atoms with Crippen LogP contribution in [0.25, 0.3) is 0 Å². The van der Waals surface area contributed by atoms with Crippen LogP contribution in [0.5, 0.6) is 5.75 Å². The van der Waals surface area contributed by atoms with Crippen molar-refractivity contribution < 1.29 is 14.3 Å². The van der Waals surface area contributed by atoms with Gasteiger partial charge in [0.2, 0.25) is 11.8 Å². The van der Waals surface area contributed by atoms with E-state index in [1.54, 1.807) is 0 Å². The molecule has 130 valence electrons. The number of hydrogen-bond acceptors (Lipinski definition) is 4. The van der Waals surface area contributed by atoms with Gasteiger partial charge in [-0.25, -0.2) is 0 Å². The lowest BCUT2D eigenvalue weighted by atomic mass is 10.0. The van der Waals surface area contributed by atoms with Gasteiger partial charge in [0.05, 0.1) is 6.61 Å². The first-order chi connectivity index (χ1) is 11.7. The first-order valence-corrected chi connectivity index (χ1v) is 8.76. The molecule has 2 N–H and O–H groups in total. The number of rotatable bonds is 5. The fourth-order valence-electron chi connectivity index (χ4n) is 3.12. The highest BCUT2D eigenvalue weighted by molar-refractivity contribution is 5.94. The topological polar surface area (TPSA) is 70.7 Å². The van der Waals surface area contributed by atoms with Crippen LogP contribution >= 0.6 is 0 Å². The maximum atomic E-state index is 12.2. The van der Waals surface area contributed by atoms with Gasteiger partial charge in [0.25, 0.3) is 0 Å². The Hall–Kier alpha value is -2.08. The fraction of sp³-hybridized carbons (Fsp3) is 0.556.